The van der Waals surface area contributed by atoms with Gasteiger partial charge in [-0.1, -0.05) is 61.4 Å². The van der Waals surface area contributed by atoms with Crippen LogP contribution in [0.1, 0.15) is 25.7 Å². The molecule has 4 nitrogen and oxygen atoms in total. The molecule has 0 radical (unpaired) electrons. The van der Waals surface area contributed by atoms with Crippen LogP contribution < -0.4 is 0 Å². The molecule has 4 heteroatoms. The van der Waals surface area contributed by atoms with E-state index < -0.39 is 23.8 Å². The Morgan fingerprint density at radius 1 is 0.654 bits per heavy atom. The lowest BCUT2D eigenvalue weighted by atomic mass is 9.79. The third-order valence-electron chi connectivity index (χ3n) is 5.01. The van der Waals surface area contributed by atoms with Crippen LogP contribution in [0.2, 0.25) is 0 Å². The zero-order chi connectivity index (χ0) is 18.5. The summed E-state index contributed by atoms with van der Waals surface area (Å²) in [4.78, 5) is 21.2. The number of carboxylic acid groups (broad SMARTS) is 2. The molecular weight excluding hydrogens is 328 g/mol. The lowest BCUT2D eigenvalue weighted by molar-refractivity contribution is -0.155. The van der Waals surface area contributed by atoms with Crippen molar-refractivity contribution in [1.29, 1.82) is 0 Å². The number of aliphatic carboxylic acids is 2. The van der Waals surface area contributed by atoms with Gasteiger partial charge in [-0.3, -0.25) is 9.59 Å². The maximum absolute atomic E-state index is 10.6. The van der Waals surface area contributed by atoms with E-state index in [0.29, 0.717) is 12.8 Å². The van der Waals surface area contributed by atoms with Gasteiger partial charge in [0.05, 0.1) is 11.8 Å². The predicted molar refractivity (Wildman–Crippen MR) is 102 cm³/mol. The normalized spacial score (nSPS) is 19.5. The van der Waals surface area contributed by atoms with E-state index in [1.54, 1.807) is 0 Å². The Morgan fingerprint density at radius 2 is 0.962 bits per heavy atom. The molecule has 0 heterocycles. The van der Waals surface area contributed by atoms with Crippen molar-refractivity contribution >= 4 is 33.5 Å². The van der Waals surface area contributed by atoms with Crippen LogP contribution >= 0.6 is 0 Å². The lowest BCUT2D eigenvalue weighted by Crippen LogP contribution is -2.32. The molecule has 0 amide bonds. The molecule has 134 valence electrons. The van der Waals surface area contributed by atoms with Crippen molar-refractivity contribution in [1.82, 2.24) is 0 Å². The first-order chi connectivity index (χ1) is 12.6. The summed E-state index contributed by atoms with van der Waals surface area (Å²) in [6.07, 6.45) is 2.68. The van der Waals surface area contributed by atoms with Crippen molar-refractivity contribution in [2.24, 2.45) is 11.8 Å². The number of carboxylic acids is 2. The molecule has 3 aromatic rings. The van der Waals surface area contributed by atoms with Crippen molar-refractivity contribution in [3.63, 3.8) is 0 Å². The molecule has 4 rings (SSSR count). The van der Waals surface area contributed by atoms with Gasteiger partial charge < -0.3 is 10.2 Å². The molecule has 26 heavy (non-hydrogen) atoms. The Kier molecular flexibility index (Phi) is 5.52. The fraction of sp³-hybridized carbons (Fsp3) is 0.273. The van der Waals surface area contributed by atoms with E-state index in [1.807, 2.05) is 0 Å². The molecule has 0 bridgehead atoms. The zero-order valence-electron chi connectivity index (χ0n) is 14.5. The van der Waals surface area contributed by atoms with E-state index in [4.69, 9.17) is 10.2 Å². The fourth-order valence-corrected chi connectivity index (χ4v) is 3.60. The molecular formula is C22H22O4. The molecule has 3 aromatic carbocycles. The minimum atomic E-state index is -0.970. The van der Waals surface area contributed by atoms with E-state index in [1.165, 1.54) is 21.5 Å². The first-order valence-corrected chi connectivity index (χ1v) is 8.89. The van der Waals surface area contributed by atoms with Crippen molar-refractivity contribution in [3.05, 3.63) is 60.7 Å². The lowest BCUT2D eigenvalue weighted by Gasteiger charge is -2.24. The van der Waals surface area contributed by atoms with Crippen molar-refractivity contribution in [3.8, 4) is 0 Å². The molecule has 1 aliphatic rings. The second-order valence-electron chi connectivity index (χ2n) is 6.72. The number of carbonyl (C=O) groups is 2. The van der Waals surface area contributed by atoms with Gasteiger partial charge in [-0.05, 0) is 46.5 Å². The Hall–Kier alpha value is -2.88. The first-order valence-electron chi connectivity index (χ1n) is 8.89. The van der Waals surface area contributed by atoms with Gasteiger partial charge in [-0.15, -0.1) is 0 Å². The Morgan fingerprint density at radius 3 is 1.23 bits per heavy atom. The van der Waals surface area contributed by atoms with Gasteiger partial charge in [0, 0.05) is 0 Å². The fourth-order valence-electron chi connectivity index (χ4n) is 3.60. The first kappa shape index (κ1) is 17.9. The third-order valence-corrected chi connectivity index (χ3v) is 5.01. The molecule has 1 fully saturated rings. The topological polar surface area (TPSA) is 74.6 Å². The molecule has 0 aromatic heterocycles. The van der Waals surface area contributed by atoms with Crippen LogP contribution in [-0.4, -0.2) is 22.2 Å². The summed E-state index contributed by atoms with van der Waals surface area (Å²) < 4.78 is 0. The molecule has 0 saturated heterocycles. The maximum Gasteiger partial charge on any atom is 0.307 e. The average Bonchev–Trinajstić information content (AvgIpc) is 2.66. The van der Waals surface area contributed by atoms with Gasteiger partial charge in [0.15, 0.2) is 0 Å². The number of rotatable bonds is 2. The van der Waals surface area contributed by atoms with Crippen molar-refractivity contribution in [2.75, 3.05) is 0 Å². The number of hydrogen-bond donors (Lipinski definition) is 2. The van der Waals surface area contributed by atoms with Gasteiger partial charge in [-0.25, -0.2) is 0 Å². The molecule has 0 aliphatic heterocycles. The highest BCUT2D eigenvalue weighted by Crippen LogP contribution is 2.30. The second-order valence-corrected chi connectivity index (χ2v) is 6.72. The van der Waals surface area contributed by atoms with Crippen LogP contribution in [0.3, 0.4) is 0 Å². The highest BCUT2D eigenvalue weighted by Gasteiger charge is 2.35. The van der Waals surface area contributed by atoms with E-state index in [0.717, 1.165) is 12.8 Å². The van der Waals surface area contributed by atoms with Crippen molar-refractivity contribution in [2.45, 2.75) is 25.7 Å². The van der Waals surface area contributed by atoms with Crippen LogP contribution in [0.25, 0.3) is 21.5 Å². The van der Waals surface area contributed by atoms with Crippen LogP contribution in [0, 0.1) is 11.8 Å². The molecule has 2 N–H and O–H groups in total. The van der Waals surface area contributed by atoms with Crippen molar-refractivity contribution < 1.29 is 19.8 Å². The van der Waals surface area contributed by atoms with Crippen LogP contribution in [-0.2, 0) is 9.59 Å². The molecule has 0 spiro atoms. The quantitative estimate of drug-likeness (QED) is 0.641. The van der Waals surface area contributed by atoms with Gasteiger partial charge in [-0.2, -0.15) is 0 Å². The van der Waals surface area contributed by atoms with E-state index in [-0.39, 0.29) is 0 Å². The number of fused-ring (bicyclic) bond motifs is 2. The van der Waals surface area contributed by atoms with E-state index in [9.17, 15) is 9.59 Å². The summed E-state index contributed by atoms with van der Waals surface area (Å²) in [5.41, 5.74) is 0. The van der Waals surface area contributed by atoms with Gasteiger partial charge in [0.1, 0.15) is 0 Å². The summed E-state index contributed by atoms with van der Waals surface area (Å²) in [5, 5.41) is 22.6. The zero-order valence-corrected chi connectivity index (χ0v) is 14.5. The Balaban J connectivity index is 0.000000153. The average molecular weight is 350 g/mol. The highest BCUT2D eigenvalue weighted by atomic mass is 16.4. The SMILES string of the molecule is O=C(O)C1CCCCC1C(=O)O.c1ccc2cc3ccccc3cc2c1. The number of benzene rings is 3. The Labute approximate surface area is 152 Å². The summed E-state index contributed by atoms with van der Waals surface area (Å²) in [5.74, 6) is -3.28. The van der Waals surface area contributed by atoms with E-state index in [2.05, 4.69) is 60.7 Å². The largest absolute Gasteiger partial charge is 0.481 e. The summed E-state index contributed by atoms with van der Waals surface area (Å²) in [6, 6.07) is 21.4. The van der Waals surface area contributed by atoms with Gasteiger partial charge in [0.2, 0.25) is 0 Å². The van der Waals surface area contributed by atoms with Crippen LogP contribution in [0.4, 0.5) is 0 Å². The molecule has 2 atom stereocenters. The molecule has 1 saturated carbocycles. The summed E-state index contributed by atoms with van der Waals surface area (Å²) in [7, 11) is 0. The molecule has 1 aliphatic carbocycles. The van der Waals surface area contributed by atoms with Gasteiger partial charge in [0.25, 0.3) is 0 Å². The summed E-state index contributed by atoms with van der Waals surface area (Å²) in [6.45, 7) is 0. The van der Waals surface area contributed by atoms with Crippen LogP contribution in [0.5, 0.6) is 0 Å². The predicted octanol–water partition coefficient (Wildman–Crippen LogP) is 4.96. The van der Waals surface area contributed by atoms with Crippen LogP contribution in [0.15, 0.2) is 60.7 Å². The van der Waals surface area contributed by atoms with E-state index >= 15 is 0 Å². The maximum atomic E-state index is 10.6. The monoisotopic (exact) mass is 350 g/mol. The minimum Gasteiger partial charge on any atom is -0.481 e. The highest BCUT2D eigenvalue weighted by molar-refractivity contribution is 5.98. The molecule has 2 unspecified atom stereocenters. The van der Waals surface area contributed by atoms with Gasteiger partial charge >= 0.3 is 11.9 Å². The number of hydrogen-bond acceptors (Lipinski definition) is 2. The smallest absolute Gasteiger partial charge is 0.307 e. The third kappa shape index (κ3) is 4.02. The Bertz CT molecular complexity index is 804. The summed E-state index contributed by atoms with van der Waals surface area (Å²) >= 11 is 0. The minimum absolute atomic E-state index is 0.506. The second kappa shape index (κ2) is 8.00. The standard InChI is InChI=1S/C14H10.C8H12O4/c1-2-6-12-10-14-8-4-3-7-13(14)9-11(12)5-1;9-7(10)5-3-1-2-4-6(5)8(11)12/h1-10H;5-6H,1-4H2,(H,9,10)(H,11,12).